The molecule has 1 atom stereocenters. The Labute approximate surface area is 107 Å². The lowest BCUT2D eigenvalue weighted by atomic mass is 9.89. The number of nitro benzene ring substituents is 1. The first-order valence-corrected chi connectivity index (χ1v) is 6.06. The summed E-state index contributed by atoms with van der Waals surface area (Å²) in [5.74, 6) is 0.210. The Kier molecular flexibility index (Phi) is 4.59. The van der Waals surface area contributed by atoms with Gasteiger partial charge in [-0.15, -0.1) is 0 Å². The number of aryl methyl sites for hydroxylation is 1. The fraction of sp³-hybridized carbons (Fsp3) is 0.500. The van der Waals surface area contributed by atoms with Crippen molar-refractivity contribution in [2.75, 3.05) is 0 Å². The molecular formula is C14H19NO3. The highest BCUT2D eigenvalue weighted by Gasteiger charge is 2.19. The van der Waals surface area contributed by atoms with Crippen LogP contribution in [0, 0.1) is 36.8 Å². The van der Waals surface area contributed by atoms with Crippen LogP contribution in [0.3, 0.4) is 0 Å². The zero-order valence-electron chi connectivity index (χ0n) is 11.3. The van der Waals surface area contributed by atoms with Gasteiger partial charge in [-0.25, -0.2) is 0 Å². The number of aldehydes is 1. The zero-order chi connectivity index (χ0) is 13.9. The van der Waals surface area contributed by atoms with E-state index in [0.29, 0.717) is 12.8 Å². The molecule has 4 heteroatoms. The highest BCUT2D eigenvalue weighted by atomic mass is 16.6. The van der Waals surface area contributed by atoms with Gasteiger partial charge in [-0.3, -0.25) is 10.1 Å². The molecular weight excluding hydrogens is 230 g/mol. The summed E-state index contributed by atoms with van der Waals surface area (Å²) in [5, 5.41) is 11.0. The van der Waals surface area contributed by atoms with Crippen molar-refractivity contribution in [3.05, 3.63) is 38.4 Å². The lowest BCUT2D eigenvalue weighted by molar-refractivity contribution is -0.385. The van der Waals surface area contributed by atoms with Gasteiger partial charge in [-0.2, -0.15) is 0 Å². The number of rotatable bonds is 5. The minimum atomic E-state index is -0.338. The van der Waals surface area contributed by atoms with Crippen LogP contribution in [0.25, 0.3) is 0 Å². The van der Waals surface area contributed by atoms with Crippen molar-refractivity contribution in [2.45, 2.75) is 40.5 Å². The van der Waals surface area contributed by atoms with Gasteiger partial charge < -0.3 is 4.79 Å². The normalized spacial score (nSPS) is 12.2. The van der Waals surface area contributed by atoms with Crippen LogP contribution < -0.4 is 0 Å². The molecule has 18 heavy (non-hydrogen) atoms. The zero-order valence-corrected chi connectivity index (χ0v) is 11.3. The Morgan fingerprint density at radius 3 is 2.44 bits per heavy atom. The molecule has 0 spiro atoms. The second-order valence-electron chi connectivity index (χ2n) is 4.91. The molecule has 0 fully saturated rings. The predicted octanol–water partition coefficient (Wildman–Crippen LogP) is 3.29. The second-order valence-corrected chi connectivity index (χ2v) is 4.91. The second kappa shape index (κ2) is 5.76. The maximum Gasteiger partial charge on any atom is 0.272 e. The van der Waals surface area contributed by atoms with Crippen molar-refractivity contribution in [1.82, 2.24) is 0 Å². The molecule has 98 valence electrons. The van der Waals surface area contributed by atoms with Gasteiger partial charge in [-0.1, -0.05) is 6.92 Å². The van der Waals surface area contributed by atoms with Gasteiger partial charge in [0.25, 0.3) is 5.69 Å². The third-order valence-corrected chi connectivity index (χ3v) is 3.48. The molecule has 0 aromatic heterocycles. The molecule has 0 saturated carbocycles. The minimum Gasteiger partial charge on any atom is -0.303 e. The van der Waals surface area contributed by atoms with Crippen molar-refractivity contribution in [3.8, 4) is 0 Å². The first kappa shape index (κ1) is 14.4. The number of hydrogen-bond acceptors (Lipinski definition) is 3. The summed E-state index contributed by atoms with van der Waals surface area (Å²) in [5.41, 5.74) is 3.93. The van der Waals surface area contributed by atoms with Gasteiger partial charge in [0, 0.05) is 18.1 Å². The summed E-state index contributed by atoms with van der Waals surface area (Å²) in [6, 6.07) is 1.62. The fourth-order valence-electron chi connectivity index (χ4n) is 2.19. The molecule has 0 radical (unpaired) electrons. The highest BCUT2D eigenvalue weighted by Crippen LogP contribution is 2.29. The van der Waals surface area contributed by atoms with Gasteiger partial charge in [0.05, 0.1) is 4.92 Å². The van der Waals surface area contributed by atoms with Crippen molar-refractivity contribution in [1.29, 1.82) is 0 Å². The van der Waals surface area contributed by atoms with Crippen LogP contribution in [0.4, 0.5) is 5.69 Å². The summed E-state index contributed by atoms with van der Waals surface area (Å²) in [6.07, 6.45) is 2.10. The fourth-order valence-corrected chi connectivity index (χ4v) is 2.19. The standard InChI is InChI=1S/C14H19NO3/c1-9(5-6-16)7-13-11(3)10(2)8-14(12(13)4)15(17)18/h6,8-9H,5,7H2,1-4H3/t9-/m0/s1. The van der Waals surface area contributed by atoms with Crippen LogP contribution in [0.1, 0.15) is 35.6 Å². The minimum absolute atomic E-state index is 0.173. The van der Waals surface area contributed by atoms with Crippen LogP contribution >= 0.6 is 0 Å². The molecule has 0 aliphatic heterocycles. The molecule has 0 aliphatic carbocycles. The number of carbonyl (C=O) groups excluding carboxylic acids is 1. The SMILES string of the molecule is Cc1cc([N+](=O)[O-])c(C)c(C[C@@H](C)CC=O)c1C. The number of hydrogen-bond donors (Lipinski definition) is 0. The van der Waals surface area contributed by atoms with E-state index in [4.69, 9.17) is 0 Å². The van der Waals surface area contributed by atoms with Crippen LogP contribution in [0.2, 0.25) is 0 Å². The maximum atomic E-state index is 11.0. The summed E-state index contributed by atoms with van der Waals surface area (Å²) < 4.78 is 0. The van der Waals surface area contributed by atoms with E-state index in [2.05, 4.69) is 0 Å². The summed E-state index contributed by atoms with van der Waals surface area (Å²) in [4.78, 5) is 21.2. The van der Waals surface area contributed by atoms with Gasteiger partial charge in [-0.05, 0) is 49.8 Å². The number of nitrogens with zero attached hydrogens (tertiary/aromatic N) is 1. The van der Waals surface area contributed by atoms with Crippen LogP contribution in [-0.4, -0.2) is 11.2 Å². The lowest BCUT2D eigenvalue weighted by Crippen LogP contribution is -2.07. The van der Waals surface area contributed by atoms with Crippen LogP contribution in [-0.2, 0) is 11.2 Å². The molecule has 1 aromatic rings. The van der Waals surface area contributed by atoms with E-state index in [0.717, 1.165) is 28.5 Å². The summed E-state index contributed by atoms with van der Waals surface area (Å²) in [7, 11) is 0. The Balaban J connectivity index is 3.24. The van der Waals surface area contributed by atoms with E-state index in [-0.39, 0.29) is 16.5 Å². The van der Waals surface area contributed by atoms with E-state index < -0.39 is 0 Å². The largest absolute Gasteiger partial charge is 0.303 e. The molecule has 1 aromatic carbocycles. The third-order valence-electron chi connectivity index (χ3n) is 3.48. The van der Waals surface area contributed by atoms with Crippen molar-refractivity contribution < 1.29 is 9.72 Å². The number of benzene rings is 1. The van der Waals surface area contributed by atoms with E-state index >= 15 is 0 Å². The van der Waals surface area contributed by atoms with Gasteiger partial charge in [0.2, 0.25) is 0 Å². The molecule has 0 bridgehead atoms. The van der Waals surface area contributed by atoms with Crippen molar-refractivity contribution >= 4 is 12.0 Å². The topological polar surface area (TPSA) is 60.2 Å². The first-order chi connectivity index (χ1) is 8.38. The van der Waals surface area contributed by atoms with Crippen LogP contribution in [0.5, 0.6) is 0 Å². The van der Waals surface area contributed by atoms with E-state index in [1.807, 2.05) is 20.8 Å². The molecule has 0 aliphatic rings. The molecule has 0 saturated heterocycles. The van der Waals surface area contributed by atoms with Crippen LogP contribution in [0.15, 0.2) is 6.07 Å². The van der Waals surface area contributed by atoms with E-state index in [1.165, 1.54) is 0 Å². The Morgan fingerprint density at radius 2 is 1.94 bits per heavy atom. The Hall–Kier alpha value is -1.71. The molecule has 0 heterocycles. The van der Waals surface area contributed by atoms with Crippen molar-refractivity contribution in [3.63, 3.8) is 0 Å². The lowest BCUT2D eigenvalue weighted by Gasteiger charge is -2.15. The quantitative estimate of drug-likeness (QED) is 0.457. The first-order valence-electron chi connectivity index (χ1n) is 6.06. The smallest absolute Gasteiger partial charge is 0.272 e. The van der Waals surface area contributed by atoms with Gasteiger partial charge in [0.15, 0.2) is 0 Å². The Bertz CT molecular complexity index is 480. The summed E-state index contributed by atoms with van der Waals surface area (Å²) >= 11 is 0. The number of carbonyl (C=O) groups is 1. The predicted molar refractivity (Wildman–Crippen MR) is 70.9 cm³/mol. The maximum absolute atomic E-state index is 11.0. The summed E-state index contributed by atoms with van der Waals surface area (Å²) in [6.45, 7) is 7.64. The molecule has 0 unspecified atom stereocenters. The third kappa shape index (κ3) is 2.94. The van der Waals surface area contributed by atoms with Crippen molar-refractivity contribution in [2.24, 2.45) is 5.92 Å². The molecule has 4 nitrogen and oxygen atoms in total. The molecule has 1 rings (SSSR count). The average Bonchev–Trinajstić information content (AvgIpc) is 2.29. The average molecular weight is 249 g/mol. The van der Waals surface area contributed by atoms with Gasteiger partial charge >= 0.3 is 0 Å². The number of nitro groups is 1. The molecule has 0 amide bonds. The van der Waals surface area contributed by atoms with E-state index in [1.54, 1.807) is 13.0 Å². The highest BCUT2D eigenvalue weighted by molar-refractivity contribution is 5.53. The Morgan fingerprint density at radius 1 is 1.33 bits per heavy atom. The molecule has 0 N–H and O–H groups in total. The van der Waals surface area contributed by atoms with Gasteiger partial charge in [0.1, 0.15) is 6.29 Å². The van der Waals surface area contributed by atoms with E-state index in [9.17, 15) is 14.9 Å². The monoisotopic (exact) mass is 249 g/mol.